The van der Waals surface area contributed by atoms with Crippen molar-refractivity contribution in [3.05, 3.63) is 0 Å². The van der Waals surface area contributed by atoms with Gasteiger partial charge in [0.25, 0.3) is 0 Å². The normalized spacial score (nSPS) is 23.4. The van der Waals surface area contributed by atoms with Crippen molar-refractivity contribution in [3.63, 3.8) is 0 Å². The first-order valence-corrected chi connectivity index (χ1v) is 9.77. The molecule has 0 bridgehead atoms. The smallest absolute Gasteiger partial charge is 0.407 e. The molecule has 0 atom stereocenters. The van der Waals surface area contributed by atoms with Crippen molar-refractivity contribution in [1.29, 1.82) is 0 Å². The molecule has 1 aliphatic carbocycles. The summed E-state index contributed by atoms with van der Waals surface area (Å²) in [6.45, 7) is 11.1. The molecule has 2 N–H and O–H groups in total. The van der Waals surface area contributed by atoms with Crippen LogP contribution in [0.2, 0.25) is 0 Å². The molecule has 1 fully saturated rings. The summed E-state index contributed by atoms with van der Waals surface area (Å²) in [7, 11) is -3.29. The van der Waals surface area contributed by atoms with Crippen LogP contribution >= 0.6 is 0 Å². The van der Waals surface area contributed by atoms with Gasteiger partial charge in [0.05, 0.1) is 4.75 Å². The Bertz CT molecular complexity index is 495. The Morgan fingerprint density at radius 3 is 2.00 bits per heavy atom. The van der Waals surface area contributed by atoms with Crippen LogP contribution in [0, 0.1) is 5.92 Å². The molecule has 0 aromatic carbocycles. The molecule has 0 saturated heterocycles. The van der Waals surface area contributed by atoms with Crippen LogP contribution in [0.3, 0.4) is 0 Å². The summed E-state index contributed by atoms with van der Waals surface area (Å²) in [6, 6.07) is 0.111. The first-order valence-electron chi connectivity index (χ1n) is 8.29. The molecule has 7 heteroatoms. The van der Waals surface area contributed by atoms with E-state index >= 15 is 0 Å². The quantitative estimate of drug-likeness (QED) is 0.818. The van der Waals surface area contributed by atoms with Gasteiger partial charge in [-0.3, -0.25) is 0 Å². The SMILES string of the molecule is CC(C)(C)OC(=O)NC1CCC(CNS(=O)(=O)C(C)(C)C)CC1. The fourth-order valence-electron chi connectivity index (χ4n) is 2.43. The highest BCUT2D eigenvalue weighted by Crippen LogP contribution is 2.25. The summed E-state index contributed by atoms with van der Waals surface area (Å²) in [6.07, 6.45) is 3.11. The summed E-state index contributed by atoms with van der Waals surface area (Å²) in [5.41, 5.74) is -0.494. The van der Waals surface area contributed by atoms with Crippen LogP contribution in [0.5, 0.6) is 0 Å². The Morgan fingerprint density at radius 1 is 1.04 bits per heavy atom. The van der Waals surface area contributed by atoms with Crippen LogP contribution in [0.15, 0.2) is 0 Å². The van der Waals surface area contributed by atoms with Crippen molar-refractivity contribution >= 4 is 16.1 Å². The topological polar surface area (TPSA) is 84.5 Å². The lowest BCUT2D eigenvalue weighted by Gasteiger charge is -2.30. The van der Waals surface area contributed by atoms with Gasteiger partial charge >= 0.3 is 6.09 Å². The van der Waals surface area contributed by atoms with Crippen molar-refractivity contribution in [2.45, 2.75) is 83.6 Å². The van der Waals surface area contributed by atoms with Gasteiger partial charge in [0.2, 0.25) is 10.0 Å². The van der Waals surface area contributed by atoms with E-state index in [9.17, 15) is 13.2 Å². The van der Waals surface area contributed by atoms with Gasteiger partial charge in [-0.1, -0.05) is 0 Å². The predicted molar refractivity (Wildman–Crippen MR) is 91.8 cm³/mol. The molecule has 23 heavy (non-hydrogen) atoms. The minimum Gasteiger partial charge on any atom is -0.444 e. The summed E-state index contributed by atoms with van der Waals surface area (Å²) in [4.78, 5) is 11.8. The molecular formula is C16H32N2O4S. The van der Waals surface area contributed by atoms with Crippen LogP contribution in [0.4, 0.5) is 4.79 Å². The van der Waals surface area contributed by atoms with E-state index in [2.05, 4.69) is 10.0 Å². The van der Waals surface area contributed by atoms with Crippen molar-refractivity contribution in [3.8, 4) is 0 Å². The third-order valence-corrected chi connectivity index (χ3v) is 6.09. The molecule has 136 valence electrons. The van der Waals surface area contributed by atoms with Crippen molar-refractivity contribution in [2.24, 2.45) is 5.92 Å². The second-order valence-electron chi connectivity index (χ2n) is 8.33. The highest BCUT2D eigenvalue weighted by molar-refractivity contribution is 7.90. The molecule has 0 radical (unpaired) electrons. The summed E-state index contributed by atoms with van der Waals surface area (Å²) < 4.78 is 31.3. The maximum Gasteiger partial charge on any atom is 0.407 e. The van der Waals surface area contributed by atoms with E-state index in [1.165, 1.54) is 0 Å². The fourth-order valence-corrected chi connectivity index (χ4v) is 3.32. The van der Waals surface area contributed by atoms with Crippen LogP contribution in [-0.4, -0.2) is 37.4 Å². The molecule has 0 spiro atoms. The average Bonchev–Trinajstić information content (AvgIpc) is 2.34. The Morgan fingerprint density at radius 2 is 1.57 bits per heavy atom. The molecule has 0 aromatic heterocycles. The van der Waals surface area contributed by atoms with Crippen LogP contribution < -0.4 is 10.0 Å². The first kappa shape index (κ1) is 20.2. The summed E-state index contributed by atoms with van der Waals surface area (Å²) in [5, 5.41) is 2.89. The van der Waals surface area contributed by atoms with E-state index < -0.39 is 20.4 Å². The lowest BCUT2D eigenvalue weighted by atomic mass is 9.86. The molecule has 0 heterocycles. The van der Waals surface area contributed by atoms with E-state index in [1.807, 2.05) is 20.8 Å². The summed E-state index contributed by atoms with van der Waals surface area (Å²) in [5.74, 6) is 0.323. The fraction of sp³-hybridized carbons (Fsp3) is 0.938. The minimum atomic E-state index is -3.29. The number of carbonyl (C=O) groups is 1. The molecule has 6 nitrogen and oxygen atoms in total. The molecule has 1 aliphatic rings. The van der Waals surface area contributed by atoms with E-state index in [0.29, 0.717) is 12.5 Å². The standard InChI is InChI=1S/C16H32N2O4S/c1-15(2,3)22-14(19)18-13-9-7-12(8-10-13)11-17-23(20,21)16(4,5)6/h12-13,17H,7-11H2,1-6H3,(H,18,19). The van der Waals surface area contributed by atoms with E-state index in [1.54, 1.807) is 20.8 Å². The van der Waals surface area contributed by atoms with Gasteiger partial charge in [-0.2, -0.15) is 0 Å². The Balaban J connectivity index is 2.35. The number of hydrogen-bond acceptors (Lipinski definition) is 4. The largest absolute Gasteiger partial charge is 0.444 e. The number of ether oxygens (including phenoxy) is 1. The second-order valence-corrected chi connectivity index (χ2v) is 10.8. The van der Waals surface area contributed by atoms with Crippen LogP contribution in [-0.2, 0) is 14.8 Å². The average molecular weight is 349 g/mol. The van der Waals surface area contributed by atoms with Crippen molar-refractivity contribution < 1.29 is 17.9 Å². The summed E-state index contributed by atoms with van der Waals surface area (Å²) >= 11 is 0. The highest BCUT2D eigenvalue weighted by atomic mass is 32.2. The van der Waals surface area contributed by atoms with Gasteiger partial charge in [0.15, 0.2) is 0 Å². The maximum atomic E-state index is 12.1. The number of alkyl carbamates (subject to hydrolysis) is 1. The van der Waals surface area contributed by atoms with Gasteiger partial charge < -0.3 is 10.1 Å². The molecule has 0 aliphatic heterocycles. The maximum absolute atomic E-state index is 12.1. The number of hydrogen-bond donors (Lipinski definition) is 2. The Hall–Kier alpha value is -0.820. The number of amides is 1. The predicted octanol–water partition coefficient (Wildman–Crippen LogP) is 2.79. The zero-order valence-electron chi connectivity index (χ0n) is 15.2. The zero-order valence-corrected chi connectivity index (χ0v) is 16.0. The van der Waals surface area contributed by atoms with Crippen molar-refractivity contribution in [2.75, 3.05) is 6.54 Å². The molecule has 0 unspecified atom stereocenters. The third kappa shape index (κ3) is 7.08. The molecule has 1 rings (SSSR count). The second kappa shape index (κ2) is 7.38. The van der Waals surface area contributed by atoms with Crippen LogP contribution in [0.1, 0.15) is 67.2 Å². The van der Waals surface area contributed by atoms with E-state index in [0.717, 1.165) is 25.7 Å². The lowest BCUT2D eigenvalue weighted by Crippen LogP contribution is -2.44. The molecule has 0 aromatic rings. The van der Waals surface area contributed by atoms with E-state index in [-0.39, 0.29) is 12.1 Å². The Labute approximate surface area is 140 Å². The number of nitrogens with one attached hydrogen (secondary N) is 2. The number of rotatable bonds is 4. The van der Waals surface area contributed by atoms with Gasteiger partial charge in [-0.15, -0.1) is 0 Å². The molecule has 1 amide bonds. The minimum absolute atomic E-state index is 0.111. The van der Waals surface area contributed by atoms with E-state index in [4.69, 9.17) is 4.74 Å². The van der Waals surface area contributed by atoms with Crippen LogP contribution in [0.25, 0.3) is 0 Å². The van der Waals surface area contributed by atoms with Crippen molar-refractivity contribution in [1.82, 2.24) is 10.0 Å². The monoisotopic (exact) mass is 348 g/mol. The first-order chi connectivity index (χ1) is 10.3. The third-order valence-electron chi connectivity index (χ3n) is 3.94. The highest BCUT2D eigenvalue weighted by Gasteiger charge is 2.30. The Kier molecular flexibility index (Phi) is 6.49. The number of sulfonamides is 1. The number of carbonyl (C=O) groups excluding carboxylic acids is 1. The molecule has 1 saturated carbocycles. The van der Waals surface area contributed by atoms with Gasteiger partial charge in [-0.05, 0) is 73.1 Å². The van der Waals surface area contributed by atoms with Gasteiger partial charge in [-0.25, -0.2) is 17.9 Å². The van der Waals surface area contributed by atoms with Gasteiger partial charge in [0.1, 0.15) is 5.60 Å². The lowest BCUT2D eigenvalue weighted by molar-refractivity contribution is 0.0487. The zero-order chi connectivity index (χ0) is 17.9. The molecular weight excluding hydrogens is 316 g/mol. The van der Waals surface area contributed by atoms with Gasteiger partial charge in [0, 0.05) is 12.6 Å².